The fourth-order valence-corrected chi connectivity index (χ4v) is 3.87. The molecule has 1 aromatic rings. The molecular formula is C19H31N3O2. The quantitative estimate of drug-likeness (QED) is 0.859. The van der Waals surface area contributed by atoms with Crippen LogP contribution in [0.15, 0.2) is 12.1 Å². The average Bonchev–Trinajstić information content (AvgIpc) is 2.62. The van der Waals surface area contributed by atoms with Crippen LogP contribution in [0.2, 0.25) is 0 Å². The lowest BCUT2D eigenvalue weighted by atomic mass is 9.89. The van der Waals surface area contributed by atoms with Crippen LogP contribution in [0.1, 0.15) is 38.2 Å². The van der Waals surface area contributed by atoms with Crippen molar-refractivity contribution < 1.29 is 9.47 Å². The van der Waals surface area contributed by atoms with Crippen LogP contribution >= 0.6 is 0 Å². The second-order valence-corrected chi connectivity index (χ2v) is 7.16. The van der Waals surface area contributed by atoms with Gasteiger partial charge in [0, 0.05) is 57.2 Å². The normalized spacial score (nSPS) is 20.6. The summed E-state index contributed by atoms with van der Waals surface area (Å²) in [6.07, 6.45) is 2.15. The lowest BCUT2D eigenvalue weighted by Gasteiger charge is -2.40. The number of nitrogens with two attached hydrogens (primary N) is 1. The van der Waals surface area contributed by atoms with E-state index in [0.29, 0.717) is 12.0 Å². The van der Waals surface area contributed by atoms with Crippen LogP contribution in [0, 0.1) is 0 Å². The fourth-order valence-electron chi connectivity index (χ4n) is 3.87. The number of piperazine rings is 1. The van der Waals surface area contributed by atoms with Gasteiger partial charge in [0.25, 0.3) is 0 Å². The molecule has 0 unspecified atom stereocenters. The minimum absolute atomic E-state index is 0.532. The number of methoxy groups -OCH3 is 1. The lowest BCUT2D eigenvalue weighted by molar-refractivity contribution is 0.0853. The molecule has 0 radical (unpaired) electrons. The molecule has 2 fully saturated rings. The van der Waals surface area contributed by atoms with Crippen LogP contribution in [0.25, 0.3) is 0 Å². The Morgan fingerprint density at radius 3 is 2.38 bits per heavy atom. The summed E-state index contributed by atoms with van der Waals surface area (Å²) in [7, 11) is 1.69. The zero-order valence-electron chi connectivity index (χ0n) is 15.3. The maximum absolute atomic E-state index is 6.22. The van der Waals surface area contributed by atoms with Gasteiger partial charge in [-0.3, -0.25) is 4.90 Å². The second kappa shape index (κ2) is 7.62. The summed E-state index contributed by atoms with van der Waals surface area (Å²) >= 11 is 0. The Morgan fingerprint density at radius 1 is 1.12 bits per heavy atom. The van der Waals surface area contributed by atoms with Crippen LogP contribution < -0.4 is 15.4 Å². The molecule has 5 nitrogen and oxygen atoms in total. The molecule has 0 saturated carbocycles. The molecule has 2 aliphatic heterocycles. The van der Waals surface area contributed by atoms with Gasteiger partial charge in [0.05, 0.1) is 12.8 Å². The molecule has 0 spiro atoms. The lowest BCUT2D eigenvalue weighted by Crippen LogP contribution is -2.49. The molecule has 1 aromatic carbocycles. The Morgan fingerprint density at radius 2 is 1.79 bits per heavy atom. The van der Waals surface area contributed by atoms with Gasteiger partial charge in [-0.1, -0.05) is 0 Å². The van der Waals surface area contributed by atoms with Gasteiger partial charge in [-0.2, -0.15) is 0 Å². The van der Waals surface area contributed by atoms with Crippen LogP contribution in [0.3, 0.4) is 0 Å². The van der Waals surface area contributed by atoms with E-state index in [4.69, 9.17) is 15.2 Å². The first-order valence-electron chi connectivity index (χ1n) is 9.14. The van der Waals surface area contributed by atoms with Gasteiger partial charge >= 0.3 is 0 Å². The Balaban J connectivity index is 1.87. The SMILES string of the molecule is COc1cc(N2CCN(C(C)C)CC2)c(C2CCOCC2)cc1N. The third-order valence-electron chi connectivity index (χ3n) is 5.43. The van der Waals surface area contributed by atoms with Crippen LogP contribution in [0.5, 0.6) is 5.75 Å². The molecule has 0 bridgehead atoms. The summed E-state index contributed by atoms with van der Waals surface area (Å²) in [6.45, 7) is 10.6. The molecule has 2 saturated heterocycles. The van der Waals surface area contributed by atoms with E-state index in [0.717, 1.165) is 63.7 Å². The predicted octanol–water partition coefficient (Wildman–Crippen LogP) is 2.70. The third kappa shape index (κ3) is 3.62. The molecule has 2 heterocycles. The average molecular weight is 333 g/mol. The molecule has 134 valence electrons. The molecule has 0 amide bonds. The first-order chi connectivity index (χ1) is 11.6. The first kappa shape index (κ1) is 17.4. The first-order valence-corrected chi connectivity index (χ1v) is 9.14. The summed E-state index contributed by atoms with van der Waals surface area (Å²) in [5, 5.41) is 0. The highest BCUT2D eigenvalue weighted by atomic mass is 16.5. The van der Waals surface area contributed by atoms with Crippen molar-refractivity contribution in [3.8, 4) is 5.75 Å². The van der Waals surface area contributed by atoms with E-state index in [2.05, 4.69) is 35.8 Å². The standard InChI is InChI=1S/C19H31N3O2/c1-14(2)21-6-8-22(9-7-21)18-13-19(23-3)17(20)12-16(18)15-4-10-24-11-5-15/h12-15H,4-11,20H2,1-3H3. The smallest absolute Gasteiger partial charge is 0.143 e. The van der Waals surface area contributed by atoms with E-state index in [9.17, 15) is 0 Å². The van der Waals surface area contributed by atoms with Gasteiger partial charge in [0.15, 0.2) is 0 Å². The summed E-state index contributed by atoms with van der Waals surface area (Å²) in [4.78, 5) is 5.05. The maximum Gasteiger partial charge on any atom is 0.143 e. The van der Waals surface area contributed by atoms with Crippen LogP contribution in [0.4, 0.5) is 11.4 Å². The van der Waals surface area contributed by atoms with E-state index < -0.39 is 0 Å². The molecule has 3 rings (SSSR count). The monoisotopic (exact) mass is 333 g/mol. The molecule has 2 aliphatic rings. The van der Waals surface area contributed by atoms with Crippen LogP contribution in [-0.2, 0) is 4.74 Å². The van der Waals surface area contributed by atoms with Crippen LogP contribution in [-0.4, -0.2) is 57.4 Å². The number of hydrogen-bond donors (Lipinski definition) is 1. The van der Waals surface area contributed by atoms with Crippen molar-refractivity contribution in [2.75, 3.05) is 57.1 Å². The Bertz CT molecular complexity index is 548. The molecule has 2 N–H and O–H groups in total. The summed E-state index contributed by atoms with van der Waals surface area (Å²) in [5.74, 6) is 1.32. The van der Waals surface area contributed by atoms with E-state index in [1.165, 1.54) is 11.3 Å². The van der Waals surface area contributed by atoms with Crippen molar-refractivity contribution in [3.63, 3.8) is 0 Å². The van der Waals surface area contributed by atoms with Crippen molar-refractivity contribution >= 4 is 11.4 Å². The largest absolute Gasteiger partial charge is 0.495 e. The summed E-state index contributed by atoms with van der Waals surface area (Å²) in [5.41, 5.74) is 9.63. The molecular weight excluding hydrogens is 302 g/mol. The fraction of sp³-hybridized carbons (Fsp3) is 0.684. The summed E-state index contributed by atoms with van der Waals surface area (Å²) < 4.78 is 11.0. The van der Waals surface area contributed by atoms with Crippen molar-refractivity contribution in [2.45, 2.75) is 38.6 Å². The Kier molecular flexibility index (Phi) is 5.51. The molecule has 0 aliphatic carbocycles. The highest BCUT2D eigenvalue weighted by Gasteiger charge is 2.26. The maximum atomic E-state index is 6.22. The number of ether oxygens (including phenoxy) is 2. The predicted molar refractivity (Wildman–Crippen MR) is 99.1 cm³/mol. The van der Waals surface area contributed by atoms with Crippen molar-refractivity contribution in [1.29, 1.82) is 0 Å². The number of nitrogens with zero attached hydrogens (tertiary/aromatic N) is 2. The molecule has 0 atom stereocenters. The molecule has 5 heteroatoms. The van der Waals surface area contributed by atoms with E-state index in [1.54, 1.807) is 7.11 Å². The Hall–Kier alpha value is -1.46. The number of hydrogen-bond acceptors (Lipinski definition) is 5. The zero-order chi connectivity index (χ0) is 17.1. The van der Waals surface area contributed by atoms with E-state index in [1.807, 2.05) is 0 Å². The van der Waals surface area contributed by atoms with Gasteiger partial charge in [0.2, 0.25) is 0 Å². The minimum atomic E-state index is 0.532. The van der Waals surface area contributed by atoms with E-state index in [-0.39, 0.29) is 0 Å². The second-order valence-electron chi connectivity index (χ2n) is 7.16. The van der Waals surface area contributed by atoms with Gasteiger partial charge in [-0.25, -0.2) is 0 Å². The highest BCUT2D eigenvalue weighted by Crippen LogP contribution is 2.39. The number of rotatable bonds is 4. The molecule has 0 aromatic heterocycles. The Labute approximate surface area is 145 Å². The highest BCUT2D eigenvalue weighted by molar-refractivity contribution is 5.68. The number of benzene rings is 1. The summed E-state index contributed by atoms with van der Waals surface area (Å²) in [6, 6.07) is 4.90. The van der Waals surface area contributed by atoms with Crippen molar-refractivity contribution in [2.24, 2.45) is 0 Å². The zero-order valence-corrected chi connectivity index (χ0v) is 15.3. The minimum Gasteiger partial charge on any atom is -0.495 e. The molecule has 24 heavy (non-hydrogen) atoms. The third-order valence-corrected chi connectivity index (χ3v) is 5.43. The van der Waals surface area contributed by atoms with Crippen molar-refractivity contribution in [3.05, 3.63) is 17.7 Å². The van der Waals surface area contributed by atoms with Gasteiger partial charge in [0.1, 0.15) is 5.75 Å². The van der Waals surface area contributed by atoms with Crippen molar-refractivity contribution in [1.82, 2.24) is 4.90 Å². The number of nitrogen functional groups attached to an aromatic ring is 1. The van der Waals surface area contributed by atoms with Gasteiger partial charge < -0.3 is 20.1 Å². The van der Waals surface area contributed by atoms with E-state index >= 15 is 0 Å². The topological polar surface area (TPSA) is 51.0 Å². The number of anilines is 2. The van der Waals surface area contributed by atoms with Gasteiger partial charge in [-0.05, 0) is 44.2 Å². The van der Waals surface area contributed by atoms with Gasteiger partial charge in [-0.15, -0.1) is 0 Å².